The summed E-state index contributed by atoms with van der Waals surface area (Å²) in [5.41, 5.74) is 7.54. The Kier molecular flexibility index (Phi) is 5.14. The van der Waals surface area contributed by atoms with Crippen molar-refractivity contribution in [1.82, 2.24) is 10.2 Å². The van der Waals surface area contributed by atoms with Gasteiger partial charge in [-0.25, -0.2) is 0 Å². The van der Waals surface area contributed by atoms with E-state index in [9.17, 15) is 4.79 Å². The van der Waals surface area contributed by atoms with E-state index in [1.54, 1.807) is 0 Å². The highest BCUT2D eigenvalue weighted by Gasteiger charge is 2.18. The highest BCUT2D eigenvalue weighted by molar-refractivity contribution is 8.02. The maximum absolute atomic E-state index is 12.3. The fourth-order valence-electron chi connectivity index (χ4n) is 1.83. The van der Waals surface area contributed by atoms with Crippen molar-refractivity contribution in [2.45, 2.75) is 36.3 Å². The lowest BCUT2D eigenvalue weighted by molar-refractivity contribution is 0.0994. The van der Waals surface area contributed by atoms with Gasteiger partial charge in [-0.15, -0.1) is 10.2 Å². The molecule has 0 radical (unpaired) electrons. The highest BCUT2D eigenvalue weighted by Crippen LogP contribution is 2.29. The average molecular weight is 307 g/mol. The Morgan fingerprint density at radius 2 is 2.05 bits per heavy atom. The van der Waals surface area contributed by atoms with E-state index in [4.69, 9.17) is 5.73 Å². The molecule has 0 unspecified atom stereocenters. The molecule has 0 saturated carbocycles. The van der Waals surface area contributed by atoms with Crippen LogP contribution in [0.4, 0.5) is 5.13 Å². The number of nitrogens with two attached hydrogens (primary N) is 1. The first-order chi connectivity index (χ1) is 9.60. The Hall–Kier alpha value is -1.40. The predicted octanol–water partition coefficient (Wildman–Crippen LogP) is 3.44. The minimum atomic E-state index is -0.195. The molecule has 0 bridgehead atoms. The monoisotopic (exact) mass is 307 g/mol. The zero-order valence-corrected chi connectivity index (χ0v) is 13.1. The van der Waals surface area contributed by atoms with Crippen LogP contribution < -0.4 is 5.73 Å². The van der Waals surface area contributed by atoms with Crippen LogP contribution >= 0.6 is 23.1 Å². The molecule has 4 nitrogen and oxygen atoms in total. The summed E-state index contributed by atoms with van der Waals surface area (Å²) in [4.78, 5) is 12.3. The largest absolute Gasteiger partial charge is 0.374 e. The van der Waals surface area contributed by atoms with Crippen LogP contribution in [0.3, 0.4) is 0 Å². The number of Topliss-reactive ketones (excluding diaryl/α,β-unsaturated/α-hetero) is 1. The molecule has 2 aromatic rings. The first kappa shape index (κ1) is 15.0. The van der Waals surface area contributed by atoms with Crippen molar-refractivity contribution < 1.29 is 4.79 Å². The lowest BCUT2D eigenvalue weighted by Gasteiger charge is -2.08. The van der Waals surface area contributed by atoms with E-state index < -0.39 is 0 Å². The maximum Gasteiger partial charge on any atom is 0.203 e. The molecule has 0 aliphatic heterocycles. The summed E-state index contributed by atoms with van der Waals surface area (Å²) in [6.07, 6.45) is 2.15. The number of thioether (sulfide) groups is 1. The molecule has 1 aromatic heterocycles. The lowest BCUT2D eigenvalue weighted by Crippen LogP contribution is -2.13. The van der Waals surface area contributed by atoms with Crippen molar-refractivity contribution in [3.05, 3.63) is 35.4 Å². The number of nitrogen functional groups attached to an aromatic ring is 1. The normalized spacial score (nSPS) is 12.3. The van der Waals surface area contributed by atoms with Gasteiger partial charge < -0.3 is 5.73 Å². The zero-order valence-electron chi connectivity index (χ0n) is 11.5. The summed E-state index contributed by atoms with van der Waals surface area (Å²) in [5.74, 6) is 0.104. The molecule has 1 heterocycles. The van der Waals surface area contributed by atoms with E-state index in [2.05, 4.69) is 17.1 Å². The topological polar surface area (TPSA) is 68.9 Å². The SMILES string of the molecule is CCCc1ccc(C(=O)[C@H](C)Sc2nnc(N)s2)cc1. The number of ketones is 1. The quantitative estimate of drug-likeness (QED) is 0.654. The summed E-state index contributed by atoms with van der Waals surface area (Å²) in [7, 11) is 0. The van der Waals surface area contributed by atoms with Gasteiger partial charge >= 0.3 is 0 Å². The number of rotatable bonds is 6. The molecule has 0 aliphatic rings. The first-order valence-electron chi connectivity index (χ1n) is 6.49. The second-order valence-corrected chi connectivity index (χ2v) is 7.07. The lowest BCUT2D eigenvalue weighted by atomic mass is 10.0. The van der Waals surface area contributed by atoms with Crippen LogP contribution in [-0.2, 0) is 6.42 Å². The van der Waals surface area contributed by atoms with Gasteiger partial charge in [0.2, 0.25) is 5.13 Å². The average Bonchev–Trinajstić information content (AvgIpc) is 2.84. The Bertz CT molecular complexity index is 580. The zero-order chi connectivity index (χ0) is 14.5. The number of carbonyl (C=O) groups excluding carboxylic acids is 1. The van der Waals surface area contributed by atoms with Crippen molar-refractivity contribution in [3.63, 3.8) is 0 Å². The van der Waals surface area contributed by atoms with E-state index in [-0.39, 0.29) is 11.0 Å². The summed E-state index contributed by atoms with van der Waals surface area (Å²) in [5, 5.41) is 7.90. The van der Waals surface area contributed by atoms with Crippen LogP contribution in [0.1, 0.15) is 36.2 Å². The molecular weight excluding hydrogens is 290 g/mol. The van der Waals surface area contributed by atoms with E-state index >= 15 is 0 Å². The number of nitrogens with zero attached hydrogens (tertiary/aromatic N) is 2. The minimum absolute atomic E-state index is 0.104. The van der Waals surface area contributed by atoms with Crippen LogP contribution in [0, 0.1) is 0 Å². The van der Waals surface area contributed by atoms with Gasteiger partial charge in [0.05, 0.1) is 5.25 Å². The van der Waals surface area contributed by atoms with Gasteiger partial charge in [-0.1, -0.05) is 60.7 Å². The Morgan fingerprint density at radius 1 is 1.35 bits per heavy atom. The summed E-state index contributed by atoms with van der Waals surface area (Å²) in [6.45, 7) is 4.02. The van der Waals surface area contributed by atoms with Gasteiger partial charge in [-0.05, 0) is 18.9 Å². The summed E-state index contributed by atoms with van der Waals surface area (Å²) < 4.78 is 0.728. The first-order valence-corrected chi connectivity index (χ1v) is 8.18. The number of benzene rings is 1. The maximum atomic E-state index is 12.3. The van der Waals surface area contributed by atoms with Crippen LogP contribution in [0.15, 0.2) is 28.6 Å². The number of hydrogen-bond acceptors (Lipinski definition) is 6. The summed E-state index contributed by atoms with van der Waals surface area (Å²) >= 11 is 2.70. The van der Waals surface area contributed by atoms with Crippen LogP contribution in [0.25, 0.3) is 0 Å². The van der Waals surface area contributed by atoms with E-state index in [0.717, 1.165) is 22.7 Å². The van der Waals surface area contributed by atoms with Gasteiger partial charge in [0, 0.05) is 5.56 Å². The minimum Gasteiger partial charge on any atom is -0.374 e. The number of anilines is 1. The second kappa shape index (κ2) is 6.85. The second-order valence-electron chi connectivity index (χ2n) is 4.48. The molecule has 0 aliphatic carbocycles. The van der Waals surface area contributed by atoms with E-state index in [1.165, 1.54) is 28.7 Å². The van der Waals surface area contributed by atoms with Gasteiger partial charge in [0.15, 0.2) is 10.1 Å². The Balaban J connectivity index is 2.02. The van der Waals surface area contributed by atoms with E-state index in [1.807, 2.05) is 31.2 Å². The number of carbonyl (C=O) groups is 1. The predicted molar refractivity (Wildman–Crippen MR) is 84.4 cm³/mol. The van der Waals surface area contributed by atoms with Crippen LogP contribution in [0.5, 0.6) is 0 Å². The number of aryl methyl sites for hydroxylation is 1. The molecule has 0 fully saturated rings. The molecule has 1 aromatic carbocycles. The van der Waals surface area contributed by atoms with Crippen molar-refractivity contribution >= 4 is 34.0 Å². The molecule has 20 heavy (non-hydrogen) atoms. The Labute approximate surface area is 126 Å². The molecule has 0 amide bonds. The molecule has 106 valence electrons. The summed E-state index contributed by atoms with van der Waals surface area (Å²) in [6, 6.07) is 7.85. The molecule has 0 spiro atoms. The van der Waals surface area contributed by atoms with Gasteiger partial charge in [-0.2, -0.15) is 0 Å². The van der Waals surface area contributed by atoms with Crippen molar-refractivity contribution in [2.75, 3.05) is 5.73 Å². The third kappa shape index (κ3) is 3.80. The van der Waals surface area contributed by atoms with Gasteiger partial charge in [-0.3, -0.25) is 4.79 Å². The van der Waals surface area contributed by atoms with Gasteiger partial charge in [0.25, 0.3) is 0 Å². The van der Waals surface area contributed by atoms with Crippen LogP contribution in [0.2, 0.25) is 0 Å². The van der Waals surface area contributed by atoms with E-state index in [0.29, 0.717) is 5.13 Å². The fourth-order valence-corrected chi connectivity index (χ4v) is 3.69. The van der Waals surface area contributed by atoms with Crippen molar-refractivity contribution in [2.24, 2.45) is 0 Å². The molecule has 2 rings (SSSR count). The number of hydrogen-bond donors (Lipinski definition) is 1. The molecule has 6 heteroatoms. The molecule has 2 N–H and O–H groups in total. The fraction of sp³-hybridized carbons (Fsp3) is 0.357. The van der Waals surface area contributed by atoms with Gasteiger partial charge in [0.1, 0.15) is 0 Å². The van der Waals surface area contributed by atoms with Crippen molar-refractivity contribution in [3.8, 4) is 0 Å². The van der Waals surface area contributed by atoms with Crippen LogP contribution in [-0.4, -0.2) is 21.2 Å². The standard InChI is InChI=1S/C14H17N3OS2/c1-3-4-10-5-7-11(8-6-10)12(18)9(2)19-14-17-16-13(15)20-14/h5-9H,3-4H2,1-2H3,(H2,15,16)/t9-/m0/s1. The molecule has 0 saturated heterocycles. The molecule has 1 atom stereocenters. The molecular formula is C14H17N3OS2. The smallest absolute Gasteiger partial charge is 0.203 e. The Morgan fingerprint density at radius 3 is 2.60 bits per heavy atom. The third-order valence-electron chi connectivity index (χ3n) is 2.85. The van der Waals surface area contributed by atoms with Crippen molar-refractivity contribution in [1.29, 1.82) is 0 Å². The number of aromatic nitrogens is 2. The highest BCUT2D eigenvalue weighted by atomic mass is 32.2. The third-order valence-corrected chi connectivity index (χ3v) is 4.78.